The number of hydrogen-bond acceptors (Lipinski definition) is 5. The van der Waals surface area contributed by atoms with E-state index in [1.165, 1.54) is 6.07 Å². The molecule has 2 aromatic rings. The molecule has 1 N–H and O–H groups in total. The van der Waals surface area contributed by atoms with Crippen molar-refractivity contribution in [2.45, 2.75) is 17.4 Å². The zero-order valence-corrected chi connectivity index (χ0v) is 13.8. The van der Waals surface area contributed by atoms with Crippen molar-refractivity contribution in [1.82, 2.24) is 0 Å². The van der Waals surface area contributed by atoms with Gasteiger partial charge in [0.2, 0.25) is 0 Å². The number of oxime groups is 1. The number of carbonyl (C=O) groups is 1. The van der Waals surface area contributed by atoms with E-state index in [-0.39, 0.29) is 22.4 Å². The van der Waals surface area contributed by atoms with Gasteiger partial charge in [-0.1, -0.05) is 47.6 Å². The quantitative estimate of drug-likeness (QED) is 0.924. The monoisotopic (exact) mass is 344 g/mol. The second-order valence-corrected chi connectivity index (χ2v) is 7.45. The minimum atomic E-state index is -3.44. The Kier molecular flexibility index (Phi) is 4.35. The molecule has 0 saturated carbocycles. The summed E-state index contributed by atoms with van der Waals surface area (Å²) in [5, 5.41) is 6.44. The molecule has 0 fully saturated rings. The second-order valence-electron chi connectivity index (χ2n) is 5.47. The van der Waals surface area contributed by atoms with Crippen LogP contribution in [0.1, 0.15) is 18.1 Å². The van der Waals surface area contributed by atoms with Crippen LogP contribution in [0.5, 0.6) is 0 Å². The Morgan fingerprint density at radius 3 is 2.50 bits per heavy atom. The topological polar surface area (TPSA) is 84.8 Å². The summed E-state index contributed by atoms with van der Waals surface area (Å²) in [6.07, 6.45) is 1.12. The lowest BCUT2D eigenvalue weighted by atomic mass is 10.0. The van der Waals surface area contributed by atoms with Gasteiger partial charge in [-0.3, -0.25) is 4.79 Å². The second kappa shape index (κ2) is 6.45. The molecule has 0 saturated heterocycles. The van der Waals surface area contributed by atoms with Crippen LogP contribution in [-0.2, 0) is 19.5 Å². The summed E-state index contributed by atoms with van der Waals surface area (Å²) in [5.41, 5.74) is 1.39. The molecule has 1 aliphatic heterocycles. The lowest BCUT2D eigenvalue weighted by Gasteiger charge is -2.09. The van der Waals surface area contributed by atoms with Gasteiger partial charge in [0.05, 0.1) is 10.6 Å². The number of para-hydroxylation sites is 1. The Labute approximate surface area is 140 Å². The largest absolute Gasteiger partial charge is 0.387 e. The molecule has 0 unspecified atom stereocenters. The first kappa shape index (κ1) is 16.2. The maximum atomic E-state index is 12.4. The molecule has 0 spiro atoms. The molecule has 1 heterocycles. The number of amides is 1. The fraction of sp³-hybridized carbons (Fsp3) is 0.176. The highest BCUT2D eigenvalue weighted by Gasteiger charge is 2.28. The molecular formula is C17H16N2O4S. The van der Waals surface area contributed by atoms with Crippen LogP contribution in [0.25, 0.3) is 0 Å². The molecule has 1 amide bonds. The SMILES string of the molecule is CS(=O)(=O)c1ccccc1NC(=O)C1=NO[C@H](c2ccccc2)C1. The molecule has 0 bridgehead atoms. The van der Waals surface area contributed by atoms with Crippen molar-refractivity contribution in [1.29, 1.82) is 0 Å². The predicted molar refractivity (Wildman–Crippen MR) is 90.5 cm³/mol. The van der Waals surface area contributed by atoms with E-state index >= 15 is 0 Å². The maximum Gasteiger partial charge on any atom is 0.273 e. The van der Waals surface area contributed by atoms with Crippen LogP contribution >= 0.6 is 0 Å². The molecule has 1 aliphatic rings. The van der Waals surface area contributed by atoms with E-state index in [0.717, 1.165) is 11.8 Å². The number of hydrogen-bond donors (Lipinski definition) is 1. The third kappa shape index (κ3) is 3.46. The minimum absolute atomic E-state index is 0.0671. The number of rotatable bonds is 4. The Bertz CT molecular complexity index is 892. The van der Waals surface area contributed by atoms with Crippen molar-refractivity contribution in [3.63, 3.8) is 0 Å². The van der Waals surface area contributed by atoms with Crippen LogP contribution in [0.15, 0.2) is 64.6 Å². The zero-order valence-electron chi connectivity index (χ0n) is 13.0. The lowest BCUT2D eigenvalue weighted by molar-refractivity contribution is -0.110. The van der Waals surface area contributed by atoms with Crippen LogP contribution in [-0.4, -0.2) is 26.3 Å². The Hall–Kier alpha value is -2.67. The molecule has 0 radical (unpaired) electrons. The van der Waals surface area contributed by atoms with Gasteiger partial charge in [0.15, 0.2) is 15.9 Å². The lowest BCUT2D eigenvalue weighted by Crippen LogP contribution is -2.23. The van der Waals surface area contributed by atoms with Gasteiger partial charge in [-0.05, 0) is 17.7 Å². The average molecular weight is 344 g/mol. The van der Waals surface area contributed by atoms with Crippen LogP contribution < -0.4 is 5.32 Å². The number of benzene rings is 2. The van der Waals surface area contributed by atoms with E-state index in [4.69, 9.17) is 4.84 Å². The molecule has 124 valence electrons. The summed E-state index contributed by atoms with van der Waals surface area (Å²) in [6.45, 7) is 0. The zero-order chi connectivity index (χ0) is 17.2. The molecule has 0 aliphatic carbocycles. The van der Waals surface area contributed by atoms with E-state index < -0.39 is 15.7 Å². The Morgan fingerprint density at radius 1 is 1.12 bits per heavy atom. The van der Waals surface area contributed by atoms with E-state index in [1.807, 2.05) is 30.3 Å². The molecular weight excluding hydrogens is 328 g/mol. The number of nitrogens with zero attached hydrogens (tertiary/aromatic N) is 1. The number of anilines is 1. The Balaban J connectivity index is 1.74. The van der Waals surface area contributed by atoms with Crippen LogP contribution in [0.3, 0.4) is 0 Å². The summed E-state index contributed by atoms with van der Waals surface area (Å²) in [5.74, 6) is -0.468. The summed E-state index contributed by atoms with van der Waals surface area (Å²) < 4.78 is 23.6. The third-order valence-corrected chi connectivity index (χ3v) is 4.79. The highest BCUT2D eigenvalue weighted by Crippen LogP contribution is 2.28. The summed E-state index contributed by atoms with van der Waals surface area (Å²) in [6, 6.07) is 15.7. The first-order valence-electron chi connectivity index (χ1n) is 7.33. The van der Waals surface area contributed by atoms with E-state index in [9.17, 15) is 13.2 Å². The Morgan fingerprint density at radius 2 is 1.79 bits per heavy atom. The maximum absolute atomic E-state index is 12.4. The summed E-state index contributed by atoms with van der Waals surface area (Å²) >= 11 is 0. The van der Waals surface area contributed by atoms with Crippen LogP contribution in [0, 0.1) is 0 Å². The average Bonchev–Trinajstić information content (AvgIpc) is 3.05. The first-order chi connectivity index (χ1) is 11.4. The molecule has 2 aromatic carbocycles. The van der Waals surface area contributed by atoms with Gasteiger partial charge in [-0.2, -0.15) is 0 Å². The van der Waals surface area contributed by atoms with Gasteiger partial charge in [0, 0.05) is 12.7 Å². The summed E-state index contributed by atoms with van der Waals surface area (Å²) in [7, 11) is -3.44. The first-order valence-corrected chi connectivity index (χ1v) is 9.22. The normalized spacial score (nSPS) is 17.0. The molecule has 3 rings (SSSR count). The van der Waals surface area contributed by atoms with Crippen molar-refractivity contribution in [3.8, 4) is 0 Å². The standard InChI is InChI=1S/C17H16N2O4S/c1-24(21,22)16-10-6-5-9-13(16)18-17(20)14-11-15(23-19-14)12-7-3-2-4-8-12/h2-10,15H,11H2,1H3,(H,18,20)/t15-/m0/s1. The summed E-state index contributed by atoms with van der Waals surface area (Å²) in [4.78, 5) is 17.7. The van der Waals surface area contributed by atoms with Crippen molar-refractivity contribution in [2.24, 2.45) is 5.16 Å². The van der Waals surface area contributed by atoms with Gasteiger partial charge in [-0.15, -0.1) is 0 Å². The highest BCUT2D eigenvalue weighted by atomic mass is 32.2. The fourth-order valence-electron chi connectivity index (χ4n) is 2.45. The highest BCUT2D eigenvalue weighted by molar-refractivity contribution is 7.90. The predicted octanol–water partition coefficient (Wildman–Crippen LogP) is 2.55. The van der Waals surface area contributed by atoms with Gasteiger partial charge in [-0.25, -0.2) is 8.42 Å². The molecule has 0 aromatic heterocycles. The van der Waals surface area contributed by atoms with Gasteiger partial charge < -0.3 is 10.2 Å². The van der Waals surface area contributed by atoms with Crippen LogP contribution in [0.2, 0.25) is 0 Å². The number of sulfone groups is 1. The third-order valence-electron chi connectivity index (χ3n) is 3.64. The van der Waals surface area contributed by atoms with Gasteiger partial charge in [0.25, 0.3) is 5.91 Å². The molecule has 1 atom stereocenters. The molecule has 24 heavy (non-hydrogen) atoms. The van der Waals surface area contributed by atoms with E-state index in [2.05, 4.69) is 10.5 Å². The van der Waals surface area contributed by atoms with E-state index in [1.54, 1.807) is 18.2 Å². The van der Waals surface area contributed by atoms with Crippen LogP contribution in [0.4, 0.5) is 5.69 Å². The van der Waals surface area contributed by atoms with Crippen molar-refractivity contribution in [2.75, 3.05) is 11.6 Å². The van der Waals surface area contributed by atoms with Gasteiger partial charge in [0.1, 0.15) is 5.71 Å². The number of nitrogens with one attached hydrogen (secondary N) is 1. The molecule has 6 nitrogen and oxygen atoms in total. The number of carbonyl (C=O) groups excluding carboxylic acids is 1. The minimum Gasteiger partial charge on any atom is -0.387 e. The van der Waals surface area contributed by atoms with E-state index in [0.29, 0.717) is 6.42 Å². The van der Waals surface area contributed by atoms with Crippen molar-refractivity contribution in [3.05, 3.63) is 60.2 Å². The molecule has 7 heteroatoms. The van der Waals surface area contributed by atoms with Gasteiger partial charge >= 0.3 is 0 Å². The fourth-order valence-corrected chi connectivity index (χ4v) is 3.29. The van der Waals surface area contributed by atoms with Crippen molar-refractivity contribution >= 4 is 27.1 Å². The van der Waals surface area contributed by atoms with Crippen molar-refractivity contribution < 1.29 is 18.0 Å². The smallest absolute Gasteiger partial charge is 0.273 e.